The van der Waals surface area contributed by atoms with E-state index in [4.69, 9.17) is 0 Å². The third-order valence-corrected chi connectivity index (χ3v) is 5.28. The number of hydrogen-bond donors (Lipinski definition) is 0. The van der Waals surface area contributed by atoms with Gasteiger partial charge in [0, 0.05) is 31.4 Å². The zero-order chi connectivity index (χ0) is 12.7. The lowest BCUT2D eigenvalue weighted by atomic mass is 10.2. The SMILES string of the molecule is c1nc2ccc(N3CCCN4CCCC4C3)cc2s1. The molecule has 0 N–H and O–H groups in total. The van der Waals surface area contributed by atoms with Crippen molar-refractivity contribution in [2.75, 3.05) is 31.1 Å². The van der Waals surface area contributed by atoms with Crippen molar-refractivity contribution in [3.63, 3.8) is 0 Å². The van der Waals surface area contributed by atoms with Crippen LogP contribution < -0.4 is 4.90 Å². The number of anilines is 1. The van der Waals surface area contributed by atoms with Gasteiger partial charge in [-0.1, -0.05) is 0 Å². The van der Waals surface area contributed by atoms with Crippen molar-refractivity contribution in [1.82, 2.24) is 9.88 Å². The van der Waals surface area contributed by atoms with Crippen LogP contribution in [0.2, 0.25) is 0 Å². The van der Waals surface area contributed by atoms with Crippen LogP contribution in [0.5, 0.6) is 0 Å². The van der Waals surface area contributed by atoms with E-state index in [0.29, 0.717) is 0 Å². The zero-order valence-electron chi connectivity index (χ0n) is 11.1. The standard InChI is InChI=1S/C15H19N3S/c1-3-13-10-18(8-2-7-17(13)6-1)12-4-5-14-15(9-12)19-11-16-14/h4-5,9,11,13H,1-3,6-8,10H2. The Morgan fingerprint density at radius 3 is 3.11 bits per heavy atom. The Balaban J connectivity index is 1.62. The second-order valence-electron chi connectivity index (χ2n) is 5.64. The molecule has 0 saturated carbocycles. The van der Waals surface area contributed by atoms with E-state index in [0.717, 1.165) is 11.6 Å². The molecule has 1 aromatic carbocycles. The Morgan fingerprint density at radius 2 is 2.11 bits per heavy atom. The lowest BCUT2D eigenvalue weighted by molar-refractivity contribution is 0.273. The molecule has 1 atom stereocenters. The third kappa shape index (κ3) is 2.13. The fourth-order valence-corrected chi connectivity index (χ4v) is 4.19. The average molecular weight is 273 g/mol. The van der Waals surface area contributed by atoms with E-state index in [1.807, 2.05) is 5.51 Å². The molecular formula is C15H19N3S. The lowest BCUT2D eigenvalue weighted by Crippen LogP contribution is -2.36. The number of hydrogen-bond acceptors (Lipinski definition) is 4. The Labute approximate surface area is 117 Å². The summed E-state index contributed by atoms with van der Waals surface area (Å²) in [6.45, 7) is 4.98. The van der Waals surface area contributed by atoms with Crippen LogP contribution in [0.25, 0.3) is 10.2 Å². The summed E-state index contributed by atoms with van der Waals surface area (Å²) in [5.41, 5.74) is 4.45. The highest BCUT2D eigenvalue weighted by Crippen LogP contribution is 2.28. The number of rotatable bonds is 1. The maximum Gasteiger partial charge on any atom is 0.0813 e. The second-order valence-corrected chi connectivity index (χ2v) is 6.52. The van der Waals surface area contributed by atoms with Crippen LogP contribution in [0.1, 0.15) is 19.3 Å². The van der Waals surface area contributed by atoms with Gasteiger partial charge in [0.25, 0.3) is 0 Å². The van der Waals surface area contributed by atoms with Gasteiger partial charge in [-0.2, -0.15) is 0 Å². The van der Waals surface area contributed by atoms with Crippen molar-refractivity contribution in [2.45, 2.75) is 25.3 Å². The van der Waals surface area contributed by atoms with E-state index in [1.54, 1.807) is 11.3 Å². The highest BCUT2D eigenvalue weighted by molar-refractivity contribution is 7.16. The molecule has 0 bridgehead atoms. The van der Waals surface area contributed by atoms with Crippen molar-refractivity contribution in [3.05, 3.63) is 23.7 Å². The first kappa shape index (κ1) is 11.7. The molecule has 4 rings (SSSR count). The molecule has 0 radical (unpaired) electrons. The van der Waals surface area contributed by atoms with Gasteiger partial charge >= 0.3 is 0 Å². The van der Waals surface area contributed by atoms with Gasteiger partial charge in [-0.25, -0.2) is 4.98 Å². The van der Waals surface area contributed by atoms with Crippen molar-refractivity contribution < 1.29 is 0 Å². The van der Waals surface area contributed by atoms with Gasteiger partial charge < -0.3 is 4.90 Å². The summed E-state index contributed by atoms with van der Waals surface area (Å²) in [6.07, 6.45) is 4.04. The quantitative estimate of drug-likeness (QED) is 0.796. The van der Waals surface area contributed by atoms with Crippen LogP contribution in [-0.4, -0.2) is 42.1 Å². The number of benzene rings is 1. The number of aromatic nitrogens is 1. The van der Waals surface area contributed by atoms with Crippen LogP contribution in [0.4, 0.5) is 5.69 Å². The highest BCUT2D eigenvalue weighted by Gasteiger charge is 2.28. The van der Waals surface area contributed by atoms with Gasteiger partial charge in [0.1, 0.15) is 0 Å². The first-order chi connectivity index (χ1) is 9.40. The molecule has 2 fully saturated rings. The largest absolute Gasteiger partial charge is 0.370 e. The van der Waals surface area contributed by atoms with Gasteiger partial charge in [0.15, 0.2) is 0 Å². The summed E-state index contributed by atoms with van der Waals surface area (Å²) in [7, 11) is 0. The average Bonchev–Trinajstić information content (AvgIpc) is 3.02. The minimum atomic E-state index is 0.777. The molecule has 4 heteroatoms. The van der Waals surface area contributed by atoms with E-state index in [1.165, 1.54) is 55.8 Å². The van der Waals surface area contributed by atoms with Gasteiger partial charge in [0.2, 0.25) is 0 Å². The minimum Gasteiger partial charge on any atom is -0.370 e. The Hall–Kier alpha value is -1.13. The Bertz CT molecular complexity index is 580. The first-order valence-electron chi connectivity index (χ1n) is 7.22. The second kappa shape index (κ2) is 4.76. The Morgan fingerprint density at radius 1 is 1.16 bits per heavy atom. The minimum absolute atomic E-state index is 0.777. The molecule has 19 heavy (non-hydrogen) atoms. The Kier molecular flexibility index (Phi) is 2.93. The third-order valence-electron chi connectivity index (χ3n) is 4.48. The normalized spacial score (nSPS) is 24.6. The molecule has 0 aliphatic carbocycles. The van der Waals surface area contributed by atoms with E-state index in [9.17, 15) is 0 Å². The lowest BCUT2D eigenvalue weighted by Gasteiger charge is -2.27. The fraction of sp³-hybridized carbons (Fsp3) is 0.533. The molecule has 3 heterocycles. The molecule has 0 spiro atoms. The predicted octanol–water partition coefficient (Wildman–Crippen LogP) is 2.97. The molecule has 2 aliphatic rings. The topological polar surface area (TPSA) is 19.4 Å². The van der Waals surface area contributed by atoms with Crippen LogP contribution in [0.15, 0.2) is 23.7 Å². The van der Waals surface area contributed by atoms with E-state index in [2.05, 4.69) is 33.0 Å². The molecule has 2 aliphatic heterocycles. The number of nitrogens with zero attached hydrogens (tertiary/aromatic N) is 3. The van der Waals surface area contributed by atoms with E-state index >= 15 is 0 Å². The fourth-order valence-electron chi connectivity index (χ4n) is 3.48. The smallest absolute Gasteiger partial charge is 0.0813 e. The maximum atomic E-state index is 4.37. The maximum absolute atomic E-state index is 4.37. The molecule has 1 unspecified atom stereocenters. The van der Waals surface area contributed by atoms with Crippen LogP contribution >= 0.6 is 11.3 Å². The van der Waals surface area contributed by atoms with Crippen molar-refractivity contribution in [2.24, 2.45) is 0 Å². The number of fused-ring (bicyclic) bond motifs is 2. The summed E-state index contributed by atoms with van der Waals surface area (Å²) in [4.78, 5) is 9.63. The molecule has 2 aromatic rings. The zero-order valence-corrected chi connectivity index (χ0v) is 11.9. The molecule has 100 valence electrons. The van der Waals surface area contributed by atoms with Gasteiger partial charge in [-0.05, 0) is 44.0 Å². The van der Waals surface area contributed by atoms with Crippen molar-refractivity contribution in [1.29, 1.82) is 0 Å². The molecule has 1 aromatic heterocycles. The van der Waals surface area contributed by atoms with Crippen molar-refractivity contribution >= 4 is 27.2 Å². The summed E-state index contributed by atoms with van der Waals surface area (Å²) >= 11 is 1.74. The predicted molar refractivity (Wildman–Crippen MR) is 81.0 cm³/mol. The molecular weight excluding hydrogens is 254 g/mol. The number of thiazole rings is 1. The van der Waals surface area contributed by atoms with Crippen molar-refractivity contribution in [3.8, 4) is 0 Å². The first-order valence-corrected chi connectivity index (χ1v) is 8.10. The van der Waals surface area contributed by atoms with Gasteiger partial charge in [-0.15, -0.1) is 11.3 Å². The molecule has 3 nitrogen and oxygen atoms in total. The summed E-state index contributed by atoms with van der Waals surface area (Å²) < 4.78 is 1.31. The van der Waals surface area contributed by atoms with Gasteiger partial charge in [-0.3, -0.25) is 4.90 Å². The summed E-state index contributed by atoms with van der Waals surface area (Å²) in [5, 5.41) is 0. The van der Waals surface area contributed by atoms with E-state index in [-0.39, 0.29) is 0 Å². The van der Waals surface area contributed by atoms with Crippen LogP contribution in [0.3, 0.4) is 0 Å². The van der Waals surface area contributed by atoms with Crippen LogP contribution in [0, 0.1) is 0 Å². The van der Waals surface area contributed by atoms with Crippen LogP contribution in [-0.2, 0) is 0 Å². The molecule has 0 amide bonds. The highest BCUT2D eigenvalue weighted by atomic mass is 32.1. The summed E-state index contributed by atoms with van der Waals surface area (Å²) in [5.74, 6) is 0. The van der Waals surface area contributed by atoms with E-state index < -0.39 is 0 Å². The monoisotopic (exact) mass is 273 g/mol. The summed E-state index contributed by atoms with van der Waals surface area (Å²) in [6, 6.07) is 7.50. The van der Waals surface area contributed by atoms with Gasteiger partial charge in [0.05, 0.1) is 15.7 Å². The molecule has 2 saturated heterocycles.